The molecule has 0 aliphatic heterocycles. The summed E-state index contributed by atoms with van der Waals surface area (Å²) in [5, 5.41) is 14.2. The van der Waals surface area contributed by atoms with Gasteiger partial charge in [0.25, 0.3) is 5.56 Å². The topological polar surface area (TPSA) is 79.7 Å². The van der Waals surface area contributed by atoms with E-state index >= 15 is 0 Å². The fraction of sp³-hybridized carbons (Fsp3) is 0.467. The Labute approximate surface area is 218 Å². The normalized spacial score (nSPS) is 15.5. The molecule has 1 atom stereocenters. The lowest BCUT2D eigenvalue weighted by atomic mass is 9.95. The van der Waals surface area contributed by atoms with Crippen molar-refractivity contribution in [3.8, 4) is 0 Å². The van der Waals surface area contributed by atoms with E-state index in [1.54, 1.807) is 0 Å². The molecule has 1 N–H and O–H groups in total. The van der Waals surface area contributed by atoms with Crippen LogP contribution in [0.2, 0.25) is 0 Å². The van der Waals surface area contributed by atoms with E-state index in [1.165, 1.54) is 30.4 Å². The number of fused-ring (bicyclic) bond motifs is 1. The second-order valence-corrected chi connectivity index (χ2v) is 10.5. The van der Waals surface area contributed by atoms with Crippen LogP contribution in [0.25, 0.3) is 10.9 Å². The van der Waals surface area contributed by atoms with Crippen molar-refractivity contribution in [3.05, 3.63) is 87.0 Å². The molecule has 0 amide bonds. The first-order valence-corrected chi connectivity index (χ1v) is 13.7. The van der Waals surface area contributed by atoms with Crippen LogP contribution in [-0.4, -0.2) is 36.6 Å². The third-order valence-electron chi connectivity index (χ3n) is 7.99. The number of rotatable bonds is 9. The molecule has 4 aromatic rings. The van der Waals surface area contributed by atoms with E-state index in [4.69, 9.17) is 0 Å². The van der Waals surface area contributed by atoms with Crippen LogP contribution in [0, 0.1) is 13.8 Å². The molecule has 1 aliphatic carbocycles. The maximum absolute atomic E-state index is 13.3. The second kappa shape index (κ2) is 11.4. The number of benzene rings is 2. The molecule has 37 heavy (non-hydrogen) atoms. The molecular formula is C30H38N6O. The van der Waals surface area contributed by atoms with E-state index in [-0.39, 0.29) is 11.6 Å². The third kappa shape index (κ3) is 5.52. The zero-order valence-corrected chi connectivity index (χ0v) is 22.3. The lowest BCUT2D eigenvalue weighted by Crippen LogP contribution is -2.35. The Morgan fingerprint density at radius 3 is 2.57 bits per heavy atom. The molecule has 2 heterocycles. The minimum Gasteiger partial charge on any atom is -0.321 e. The van der Waals surface area contributed by atoms with E-state index in [0.717, 1.165) is 60.1 Å². The quantitative estimate of drug-likeness (QED) is 0.314. The smallest absolute Gasteiger partial charge is 0.252 e. The highest BCUT2D eigenvalue weighted by molar-refractivity contribution is 5.85. The lowest BCUT2D eigenvalue weighted by Gasteiger charge is -2.32. The van der Waals surface area contributed by atoms with Gasteiger partial charge in [-0.15, -0.1) is 5.10 Å². The number of tetrazole rings is 1. The first-order chi connectivity index (χ1) is 18.0. The Morgan fingerprint density at radius 1 is 1.05 bits per heavy atom. The van der Waals surface area contributed by atoms with Crippen molar-refractivity contribution in [3.63, 3.8) is 0 Å². The van der Waals surface area contributed by atoms with Crippen LogP contribution in [-0.2, 0) is 13.0 Å². The summed E-state index contributed by atoms with van der Waals surface area (Å²) in [5.41, 5.74) is 5.23. The Kier molecular flexibility index (Phi) is 7.79. The Hall–Kier alpha value is -3.32. The molecule has 0 unspecified atom stereocenters. The molecule has 7 heteroatoms. The number of aryl methyl sites for hydroxylation is 2. The standard InChI is InChI=1S/C30H38N6O/c1-4-27(29-32-33-34-36(29)25-13-9-6-10-14-25)35(18-17-23-11-7-5-8-12-23)20-24-19-26-21(2)15-16-22(3)28(26)31-30(24)37/h5,7-8,11-12,15-16,19,25,27H,4,6,9-10,13-14,17-18,20H2,1-3H3,(H,31,37)/t27-/m0/s1. The molecule has 5 rings (SSSR count). The van der Waals surface area contributed by atoms with Gasteiger partial charge < -0.3 is 4.98 Å². The van der Waals surface area contributed by atoms with Crippen molar-refractivity contribution in [2.45, 2.75) is 84.3 Å². The van der Waals surface area contributed by atoms with E-state index in [9.17, 15) is 4.79 Å². The minimum absolute atomic E-state index is 0.0207. The van der Waals surface area contributed by atoms with Gasteiger partial charge >= 0.3 is 0 Å². The van der Waals surface area contributed by atoms with Gasteiger partial charge in [0.1, 0.15) is 0 Å². The number of aromatic nitrogens is 5. The summed E-state index contributed by atoms with van der Waals surface area (Å²) >= 11 is 0. The monoisotopic (exact) mass is 498 g/mol. The van der Waals surface area contributed by atoms with Gasteiger partial charge in [0, 0.05) is 24.0 Å². The maximum Gasteiger partial charge on any atom is 0.252 e. The summed E-state index contributed by atoms with van der Waals surface area (Å²) in [6.45, 7) is 7.69. The Balaban J connectivity index is 1.51. The Bertz CT molecular complexity index is 1390. The molecule has 0 spiro atoms. The number of aromatic amines is 1. The highest BCUT2D eigenvalue weighted by atomic mass is 16.1. The third-order valence-corrected chi connectivity index (χ3v) is 7.99. The maximum atomic E-state index is 13.3. The van der Waals surface area contributed by atoms with Crippen LogP contribution in [0.15, 0.2) is 53.3 Å². The molecular weight excluding hydrogens is 460 g/mol. The summed E-state index contributed by atoms with van der Waals surface area (Å²) in [7, 11) is 0. The first kappa shape index (κ1) is 25.3. The minimum atomic E-state index is -0.0207. The van der Waals surface area contributed by atoms with Gasteiger partial charge in [-0.2, -0.15) is 0 Å². The largest absolute Gasteiger partial charge is 0.321 e. The average Bonchev–Trinajstić information content (AvgIpc) is 3.41. The number of nitrogens with zero attached hydrogens (tertiary/aromatic N) is 5. The van der Waals surface area contributed by atoms with Crippen molar-refractivity contribution in [1.29, 1.82) is 0 Å². The fourth-order valence-corrected chi connectivity index (χ4v) is 5.83. The summed E-state index contributed by atoms with van der Waals surface area (Å²) in [6.07, 6.45) is 7.76. The molecule has 7 nitrogen and oxygen atoms in total. The molecule has 1 aliphatic rings. The molecule has 0 radical (unpaired) electrons. The van der Waals surface area contributed by atoms with Crippen molar-refractivity contribution in [2.24, 2.45) is 0 Å². The van der Waals surface area contributed by atoms with Gasteiger partial charge in [-0.25, -0.2) is 4.68 Å². The highest BCUT2D eigenvalue weighted by Gasteiger charge is 2.29. The lowest BCUT2D eigenvalue weighted by molar-refractivity contribution is 0.165. The molecule has 1 fully saturated rings. The zero-order valence-electron chi connectivity index (χ0n) is 22.3. The fourth-order valence-electron chi connectivity index (χ4n) is 5.83. The molecule has 194 valence electrons. The molecule has 1 saturated carbocycles. The number of pyridine rings is 1. The van der Waals surface area contributed by atoms with Crippen molar-refractivity contribution in [2.75, 3.05) is 6.54 Å². The van der Waals surface area contributed by atoms with Crippen LogP contribution in [0.1, 0.15) is 85.6 Å². The van der Waals surface area contributed by atoms with Gasteiger partial charge in [-0.3, -0.25) is 9.69 Å². The summed E-state index contributed by atoms with van der Waals surface area (Å²) in [4.78, 5) is 18.9. The van der Waals surface area contributed by atoms with Crippen LogP contribution >= 0.6 is 0 Å². The van der Waals surface area contributed by atoms with Crippen LogP contribution in [0.3, 0.4) is 0 Å². The van der Waals surface area contributed by atoms with Gasteiger partial charge in [-0.05, 0) is 72.7 Å². The van der Waals surface area contributed by atoms with E-state index < -0.39 is 0 Å². The van der Waals surface area contributed by atoms with E-state index in [1.807, 2.05) is 13.0 Å². The Morgan fingerprint density at radius 2 is 1.81 bits per heavy atom. The first-order valence-electron chi connectivity index (χ1n) is 13.7. The number of H-pyrrole nitrogens is 1. The van der Waals surface area contributed by atoms with Gasteiger partial charge in [0.2, 0.25) is 0 Å². The number of nitrogens with one attached hydrogen (secondary N) is 1. The summed E-state index contributed by atoms with van der Waals surface area (Å²) < 4.78 is 2.08. The highest BCUT2D eigenvalue weighted by Crippen LogP contribution is 2.32. The number of hydrogen-bond acceptors (Lipinski definition) is 5. The van der Waals surface area contributed by atoms with Gasteiger partial charge in [0.05, 0.1) is 17.6 Å². The second-order valence-electron chi connectivity index (χ2n) is 10.5. The van der Waals surface area contributed by atoms with Crippen LogP contribution in [0.4, 0.5) is 0 Å². The molecule has 2 aromatic carbocycles. The van der Waals surface area contributed by atoms with Crippen molar-refractivity contribution in [1.82, 2.24) is 30.1 Å². The van der Waals surface area contributed by atoms with Crippen molar-refractivity contribution < 1.29 is 0 Å². The van der Waals surface area contributed by atoms with Gasteiger partial charge in [-0.1, -0.05) is 68.7 Å². The van der Waals surface area contributed by atoms with Crippen LogP contribution < -0.4 is 5.56 Å². The molecule has 0 bridgehead atoms. The van der Waals surface area contributed by atoms with Crippen LogP contribution in [0.5, 0.6) is 0 Å². The summed E-state index contributed by atoms with van der Waals surface area (Å²) in [5.74, 6) is 0.923. The molecule has 2 aromatic heterocycles. The molecule has 0 saturated heterocycles. The van der Waals surface area contributed by atoms with Gasteiger partial charge in [0.15, 0.2) is 5.82 Å². The number of hydrogen-bond donors (Lipinski definition) is 1. The van der Waals surface area contributed by atoms with E-state index in [0.29, 0.717) is 12.6 Å². The zero-order chi connectivity index (χ0) is 25.8. The SMILES string of the molecule is CC[C@@H](c1nnnn1C1CCCCC1)N(CCc1ccccc1)Cc1cc2c(C)ccc(C)c2[nH]c1=O. The predicted molar refractivity (Wildman–Crippen MR) is 148 cm³/mol. The van der Waals surface area contributed by atoms with Crippen molar-refractivity contribution >= 4 is 10.9 Å². The predicted octanol–water partition coefficient (Wildman–Crippen LogP) is 5.83. The summed E-state index contributed by atoms with van der Waals surface area (Å²) in [6, 6.07) is 17.2. The average molecular weight is 499 g/mol. The van der Waals surface area contributed by atoms with E-state index in [2.05, 4.69) is 86.4 Å².